The summed E-state index contributed by atoms with van der Waals surface area (Å²) in [7, 11) is 0. The number of rotatable bonds is 9. The van der Waals surface area contributed by atoms with Gasteiger partial charge in [-0.1, -0.05) is 30.3 Å². The van der Waals surface area contributed by atoms with Crippen molar-refractivity contribution in [1.29, 1.82) is 0 Å². The third-order valence-corrected chi connectivity index (χ3v) is 5.18. The quantitative estimate of drug-likeness (QED) is 0.141. The maximum Gasteiger partial charge on any atom is 0.338 e. The Hall–Kier alpha value is -5.26. The van der Waals surface area contributed by atoms with Crippen molar-refractivity contribution in [3.05, 3.63) is 89.4 Å². The van der Waals surface area contributed by atoms with Gasteiger partial charge in [0.15, 0.2) is 0 Å². The number of benzene rings is 2. The number of esters is 1. The van der Waals surface area contributed by atoms with Crippen LogP contribution in [-0.4, -0.2) is 42.4 Å². The smallest absolute Gasteiger partial charge is 0.338 e. The zero-order valence-corrected chi connectivity index (χ0v) is 21.2. The number of hydrogen-bond acceptors (Lipinski definition) is 8. The zero-order valence-electron chi connectivity index (χ0n) is 21.2. The molecule has 0 saturated carbocycles. The molecule has 1 heterocycles. The number of carbonyl (C=O) groups excluding carboxylic acids is 5. The number of nitrogens with one attached hydrogen (secondary N) is 4. The van der Waals surface area contributed by atoms with Gasteiger partial charge in [0.05, 0.1) is 31.0 Å². The van der Waals surface area contributed by atoms with Gasteiger partial charge in [0.25, 0.3) is 0 Å². The number of hydrazone groups is 1. The van der Waals surface area contributed by atoms with E-state index in [-0.39, 0.29) is 25.0 Å². The SMILES string of the molecule is CCOC(=O)c1ccc(NC(=O)C(=O)NCc2ccc(/C=N/NC(=O)C(=O)N[C@@H](C)c3ccccc3)o2)cc1. The number of ether oxygens (including phenoxy) is 1. The molecule has 1 aromatic heterocycles. The van der Waals surface area contributed by atoms with Crippen LogP contribution in [-0.2, 0) is 30.5 Å². The largest absolute Gasteiger partial charge is 0.462 e. The second-order valence-electron chi connectivity index (χ2n) is 8.04. The van der Waals surface area contributed by atoms with Crippen molar-refractivity contribution in [3.8, 4) is 0 Å². The van der Waals surface area contributed by atoms with Crippen LogP contribution in [0.25, 0.3) is 0 Å². The third kappa shape index (κ3) is 8.67. The van der Waals surface area contributed by atoms with Crippen LogP contribution in [0, 0.1) is 0 Å². The van der Waals surface area contributed by atoms with Gasteiger partial charge in [0.1, 0.15) is 11.5 Å². The molecule has 39 heavy (non-hydrogen) atoms. The van der Waals surface area contributed by atoms with Crippen LogP contribution in [0.3, 0.4) is 0 Å². The summed E-state index contributed by atoms with van der Waals surface area (Å²) in [5.74, 6) is -3.54. The van der Waals surface area contributed by atoms with E-state index >= 15 is 0 Å². The minimum absolute atomic E-state index is 0.0893. The number of carbonyl (C=O) groups is 5. The molecule has 0 unspecified atom stereocenters. The standard InChI is InChI=1S/C27H27N5O7/c1-3-38-27(37)19-9-11-20(12-10-19)31-24(34)23(33)28-15-21-13-14-22(39-21)16-29-32-26(36)25(35)30-17(2)18-7-5-4-6-8-18/h4-14,16-17H,3,15H2,1-2H3,(H,28,33)(H,30,35)(H,31,34)(H,32,36)/b29-16+/t17-/m0/s1. The Morgan fingerprint density at radius 3 is 2.31 bits per heavy atom. The molecule has 0 fully saturated rings. The number of hydrogen-bond donors (Lipinski definition) is 4. The first kappa shape index (κ1) is 28.3. The summed E-state index contributed by atoms with van der Waals surface area (Å²) in [6.45, 7) is 3.60. The lowest BCUT2D eigenvalue weighted by molar-refractivity contribution is -0.139. The molecule has 0 spiro atoms. The molecule has 3 rings (SSSR count). The van der Waals surface area contributed by atoms with E-state index in [1.807, 2.05) is 30.3 Å². The van der Waals surface area contributed by atoms with E-state index in [0.29, 0.717) is 17.0 Å². The second kappa shape index (κ2) is 13.9. The second-order valence-corrected chi connectivity index (χ2v) is 8.04. The predicted molar refractivity (Wildman–Crippen MR) is 140 cm³/mol. The number of furan rings is 1. The van der Waals surface area contributed by atoms with Crippen LogP contribution >= 0.6 is 0 Å². The molecule has 2 aromatic carbocycles. The molecule has 0 aliphatic heterocycles. The Bertz CT molecular complexity index is 1350. The number of anilines is 1. The van der Waals surface area contributed by atoms with Crippen LogP contribution in [0.15, 0.2) is 76.2 Å². The van der Waals surface area contributed by atoms with Crippen LogP contribution in [0.1, 0.15) is 47.3 Å². The summed E-state index contributed by atoms with van der Waals surface area (Å²) < 4.78 is 10.3. The van der Waals surface area contributed by atoms with Gasteiger partial charge in [-0.2, -0.15) is 5.10 Å². The van der Waals surface area contributed by atoms with E-state index < -0.39 is 29.6 Å². The molecule has 1 atom stereocenters. The zero-order chi connectivity index (χ0) is 28.2. The van der Waals surface area contributed by atoms with Crippen molar-refractivity contribution in [2.75, 3.05) is 11.9 Å². The van der Waals surface area contributed by atoms with Gasteiger partial charge < -0.3 is 25.1 Å². The van der Waals surface area contributed by atoms with Crippen molar-refractivity contribution < 1.29 is 33.1 Å². The Balaban J connectivity index is 1.41. The number of nitrogens with zero attached hydrogens (tertiary/aromatic N) is 1. The maximum atomic E-state index is 12.1. The van der Waals surface area contributed by atoms with Gasteiger partial charge in [-0.25, -0.2) is 10.2 Å². The van der Waals surface area contributed by atoms with E-state index in [1.54, 1.807) is 19.9 Å². The molecule has 0 aliphatic carbocycles. The molecule has 0 bridgehead atoms. The van der Waals surface area contributed by atoms with E-state index in [1.165, 1.54) is 36.5 Å². The maximum absolute atomic E-state index is 12.1. The third-order valence-electron chi connectivity index (χ3n) is 5.18. The van der Waals surface area contributed by atoms with Crippen LogP contribution in [0.4, 0.5) is 5.69 Å². The molecule has 0 saturated heterocycles. The van der Waals surface area contributed by atoms with E-state index in [2.05, 4.69) is 26.5 Å². The lowest BCUT2D eigenvalue weighted by Gasteiger charge is -2.13. The minimum Gasteiger partial charge on any atom is -0.462 e. The van der Waals surface area contributed by atoms with Crippen molar-refractivity contribution in [3.63, 3.8) is 0 Å². The van der Waals surface area contributed by atoms with Crippen LogP contribution in [0.2, 0.25) is 0 Å². The average molecular weight is 534 g/mol. The molecular weight excluding hydrogens is 506 g/mol. The molecule has 3 aromatic rings. The van der Waals surface area contributed by atoms with Gasteiger partial charge in [-0.05, 0) is 55.8 Å². The van der Waals surface area contributed by atoms with Gasteiger partial charge in [-0.3, -0.25) is 19.2 Å². The van der Waals surface area contributed by atoms with Crippen molar-refractivity contribution >= 4 is 41.5 Å². The molecule has 4 N–H and O–H groups in total. The number of amides is 4. The summed E-state index contributed by atoms with van der Waals surface area (Å²) in [4.78, 5) is 59.9. The van der Waals surface area contributed by atoms with Crippen molar-refractivity contribution in [1.82, 2.24) is 16.1 Å². The van der Waals surface area contributed by atoms with Gasteiger partial charge in [0, 0.05) is 5.69 Å². The Labute approximate surface area is 223 Å². The van der Waals surface area contributed by atoms with Gasteiger partial charge in [-0.15, -0.1) is 0 Å². The highest BCUT2D eigenvalue weighted by Crippen LogP contribution is 2.12. The molecule has 4 amide bonds. The first-order valence-corrected chi connectivity index (χ1v) is 11.9. The van der Waals surface area contributed by atoms with Crippen LogP contribution in [0.5, 0.6) is 0 Å². The minimum atomic E-state index is -0.949. The molecule has 0 aliphatic rings. The van der Waals surface area contributed by atoms with Gasteiger partial charge in [0.2, 0.25) is 0 Å². The summed E-state index contributed by atoms with van der Waals surface area (Å²) in [5, 5.41) is 11.1. The first-order valence-electron chi connectivity index (χ1n) is 11.9. The molecular formula is C27H27N5O7. The highest BCUT2D eigenvalue weighted by Gasteiger charge is 2.17. The normalized spacial score (nSPS) is 11.3. The van der Waals surface area contributed by atoms with E-state index in [0.717, 1.165) is 5.56 Å². The molecule has 12 heteroatoms. The summed E-state index contributed by atoms with van der Waals surface area (Å²) in [5.41, 5.74) is 3.60. The lowest BCUT2D eigenvalue weighted by atomic mass is 10.1. The van der Waals surface area contributed by atoms with E-state index in [9.17, 15) is 24.0 Å². The monoisotopic (exact) mass is 533 g/mol. The molecule has 0 radical (unpaired) electrons. The lowest BCUT2D eigenvalue weighted by Crippen LogP contribution is -2.39. The van der Waals surface area contributed by atoms with Crippen molar-refractivity contribution in [2.45, 2.75) is 26.4 Å². The topological polar surface area (TPSA) is 168 Å². The average Bonchev–Trinajstić information content (AvgIpc) is 3.40. The fourth-order valence-corrected chi connectivity index (χ4v) is 3.19. The summed E-state index contributed by atoms with van der Waals surface area (Å²) >= 11 is 0. The van der Waals surface area contributed by atoms with E-state index in [4.69, 9.17) is 9.15 Å². The Kier molecular flexibility index (Phi) is 10.1. The fraction of sp³-hybridized carbons (Fsp3) is 0.185. The fourth-order valence-electron chi connectivity index (χ4n) is 3.19. The highest BCUT2D eigenvalue weighted by molar-refractivity contribution is 6.39. The van der Waals surface area contributed by atoms with Crippen molar-refractivity contribution in [2.24, 2.45) is 5.10 Å². The Morgan fingerprint density at radius 2 is 1.62 bits per heavy atom. The summed E-state index contributed by atoms with van der Waals surface area (Å²) in [6, 6.07) is 17.8. The highest BCUT2D eigenvalue weighted by atomic mass is 16.5. The Morgan fingerprint density at radius 1 is 0.897 bits per heavy atom. The molecule has 12 nitrogen and oxygen atoms in total. The van der Waals surface area contributed by atoms with Gasteiger partial charge >= 0.3 is 29.6 Å². The predicted octanol–water partition coefficient (Wildman–Crippen LogP) is 2.04. The molecule has 202 valence electrons. The van der Waals surface area contributed by atoms with Crippen LogP contribution < -0.4 is 21.4 Å². The first-order chi connectivity index (χ1) is 18.8. The summed E-state index contributed by atoms with van der Waals surface area (Å²) in [6.07, 6.45) is 1.18.